The van der Waals surface area contributed by atoms with E-state index in [1.54, 1.807) is 6.07 Å². The Hall–Kier alpha value is -1.36. The van der Waals surface area contributed by atoms with Gasteiger partial charge in [0.25, 0.3) is 5.92 Å². The van der Waals surface area contributed by atoms with E-state index in [1.165, 1.54) is 6.07 Å². The van der Waals surface area contributed by atoms with E-state index in [2.05, 4.69) is 5.32 Å². The van der Waals surface area contributed by atoms with Crippen LogP contribution in [0.2, 0.25) is 0 Å². The van der Waals surface area contributed by atoms with E-state index in [9.17, 15) is 8.78 Å². The lowest BCUT2D eigenvalue weighted by Gasteiger charge is -2.20. The maximum absolute atomic E-state index is 13.7. The molecule has 0 spiro atoms. The summed E-state index contributed by atoms with van der Waals surface area (Å²) in [5, 5.41) is 3.20. The van der Waals surface area contributed by atoms with Gasteiger partial charge in [-0.3, -0.25) is 0 Å². The molecule has 2 heterocycles. The van der Waals surface area contributed by atoms with Crippen molar-refractivity contribution in [1.29, 1.82) is 0 Å². The number of fused-ring (bicyclic) bond motifs is 1. The Morgan fingerprint density at radius 3 is 2.61 bits per heavy atom. The molecular formula is C13H15F2NO2. The predicted molar refractivity (Wildman–Crippen MR) is 62.4 cm³/mol. The van der Waals surface area contributed by atoms with Gasteiger partial charge in [0.05, 0.1) is 0 Å². The molecule has 0 saturated carbocycles. The average molecular weight is 255 g/mol. The van der Waals surface area contributed by atoms with Crippen molar-refractivity contribution >= 4 is 0 Å². The number of hydrogen-bond donors (Lipinski definition) is 1. The van der Waals surface area contributed by atoms with Crippen molar-refractivity contribution in [2.24, 2.45) is 0 Å². The maximum Gasteiger partial charge on any atom is 0.270 e. The SMILES string of the molecule is CC(F)(F)c1cc2c(cc1C1CCNC1)OCO2. The quantitative estimate of drug-likeness (QED) is 0.881. The molecule has 3 rings (SSSR count). The highest BCUT2D eigenvalue weighted by molar-refractivity contribution is 5.51. The second-order valence-corrected chi connectivity index (χ2v) is 4.87. The third kappa shape index (κ3) is 1.92. The van der Waals surface area contributed by atoms with E-state index in [-0.39, 0.29) is 18.3 Å². The minimum atomic E-state index is -2.86. The Morgan fingerprint density at radius 1 is 1.28 bits per heavy atom. The first kappa shape index (κ1) is 11.7. The van der Waals surface area contributed by atoms with Crippen LogP contribution in [0.3, 0.4) is 0 Å². The van der Waals surface area contributed by atoms with Crippen LogP contribution in [-0.4, -0.2) is 19.9 Å². The molecular weight excluding hydrogens is 240 g/mol. The fourth-order valence-electron chi connectivity index (χ4n) is 2.60. The zero-order valence-electron chi connectivity index (χ0n) is 10.1. The molecule has 18 heavy (non-hydrogen) atoms. The summed E-state index contributed by atoms with van der Waals surface area (Å²) in [4.78, 5) is 0. The fraction of sp³-hybridized carbons (Fsp3) is 0.538. The molecule has 0 radical (unpaired) electrons. The topological polar surface area (TPSA) is 30.5 Å². The van der Waals surface area contributed by atoms with Gasteiger partial charge in [-0.15, -0.1) is 0 Å². The highest BCUT2D eigenvalue weighted by Gasteiger charge is 2.34. The van der Waals surface area contributed by atoms with Crippen molar-refractivity contribution in [3.63, 3.8) is 0 Å². The lowest BCUT2D eigenvalue weighted by atomic mass is 9.90. The smallest absolute Gasteiger partial charge is 0.270 e. The summed E-state index contributed by atoms with van der Waals surface area (Å²) in [6.07, 6.45) is 0.878. The molecule has 1 aromatic rings. The molecule has 1 N–H and O–H groups in total. The van der Waals surface area contributed by atoms with Crippen LogP contribution in [0.4, 0.5) is 8.78 Å². The van der Waals surface area contributed by atoms with Gasteiger partial charge in [-0.25, -0.2) is 8.78 Å². The number of ether oxygens (including phenoxy) is 2. The summed E-state index contributed by atoms with van der Waals surface area (Å²) in [6, 6.07) is 3.14. The van der Waals surface area contributed by atoms with Crippen molar-refractivity contribution in [3.8, 4) is 11.5 Å². The number of nitrogens with one attached hydrogen (secondary N) is 1. The minimum Gasteiger partial charge on any atom is -0.454 e. The van der Waals surface area contributed by atoms with Gasteiger partial charge in [0.15, 0.2) is 11.5 Å². The van der Waals surface area contributed by atoms with Gasteiger partial charge in [-0.05, 0) is 36.6 Å². The van der Waals surface area contributed by atoms with Crippen molar-refractivity contribution in [1.82, 2.24) is 5.32 Å². The highest BCUT2D eigenvalue weighted by Crippen LogP contribution is 2.43. The normalized spacial score (nSPS) is 22.5. The van der Waals surface area contributed by atoms with Gasteiger partial charge in [-0.1, -0.05) is 0 Å². The molecule has 0 aliphatic carbocycles. The lowest BCUT2D eigenvalue weighted by Crippen LogP contribution is -2.15. The Kier molecular flexibility index (Phi) is 2.66. The van der Waals surface area contributed by atoms with Crippen LogP contribution < -0.4 is 14.8 Å². The largest absolute Gasteiger partial charge is 0.454 e. The van der Waals surface area contributed by atoms with E-state index in [1.807, 2.05) is 0 Å². The predicted octanol–water partition coefficient (Wildman–Crippen LogP) is 2.60. The molecule has 1 unspecified atom stereocenters. The average Bonchev–Trinajstić information content (AvgIpc) is 2.97. The Morgan fingerprint density at radius 2 is 2.00 bits per heavy atom. The minimum absolute atomic E-state index is 0.0560. The maximum atomic E-state index is 13.7. The fourth-order valence-corrected chi connectivity index (χ4v) is 2.60. The summed E-state index contributed by atoms with van der Waals surface area (Å²) in [7, 11) is 0. The molecule has 98 valence electrons. The van der Waals surface area contributed by atoms with Gasteiger partial charge >= 0.3 is 0 Å². The Bertz CT molecular complexity index is 465. The third-order valence-electron chi connectivity index (χ3n) is 3.52. The van der Waals surface area contributed by atoms with Crippen molar-refractivity contribution in [3.05, 3.63) is 23.3 Å². The first-order chi connectivity index (χ1) is 8.55. The molecule has 0 bridgehead atoms. The summed E-state index contributed by atoms with van der Waals surface area (Å²) < 4.78 is 37.9. The second kappa shape index (κ2) is 4.09. The molecule has 0 aromatic heterocycles. The first-order valence-corrected chi connectivity index (χ1v) is 6.08. The summed E-state index contributed by atoms with van der Waals surface area (Å²) in [5.74, 6) is -1.75. The molecule has 1 fully saturated rings. The monoisotopic (exact) mass is 255 g/mol. The Labute approximate surface area is 104 Å². The zero-order chi connectivity index (χ0) is 12.8. The molecule has 2 aliphatic rings. The molecule has 3 nitrogen and oxygen atoms in total. The van der Waals surface area contributed by atoms with E-state index in [0.29, 0.717) is 17.1 Å². The lowest BCUT2D eigenvalue weighted by molar-refractivity contribution is 0.0160. The number of alkyl halides is 2. The zero-order valence-corrected chi connectivity index (χ0v) is 10.1. The summed E-state index contributed by atoms with van der Waals surface area (Å²) in [5.41, 5.74) is 0.734. The van der Waals surface area contributed by atoms with Crippen LogP contribution in [0.5, 0.6) is 11.5 Å². The van der Waals surface area contributed by atoms with Gasteiger partial charge in [-0.2, -0.15) is 0 Å². The van der Waals surface area contributed by atoms with Crippen molar-refractivity contribution in [2.45, 2.75) is 25.2 Å². The number of rotatable bonds is 2. The summed E-state index contributed by atoms with van der Waals surface area (Å²) >= 11 is 0. The standard InChI is InChI=1S/C13H15F2NO2/c1-13(14,15)10-5-12-11(17-7-18-12)4-9(10)8-2-3-16-6-8/h4-5,8,16H,2-3,6-7H2,1H3. The first-order valence-electron chi connectivity index (χ1n) is 6.08. The van der Waals surface area contributed by atoms with Gasteiger partial charge in [0.1, 0.15) is 0 Å². The van der Waals surface area contributed by atoms with E-state index < -0.39 is 5.92 Å². The van der Waals surface area contributed by atoms with Gasteiger partial charge < -0.3 is 14.8 Å². The molecule has 2 aliphatic heterocycles. The van der Waals surface area contributed by atoms with Crippen molar-refractivity contribution in [2.75, 3.05) is 19.9 Å². The second-order valence-electron chi connectivity index (χ2n) is 4.87. The highest BCUT2D eigenvalue weighted by atomic mass is 19.3. The number of halogens is 2. The van der Waals surface area contributed by atoms with Crippen LogP contribution in [0.1, 0.15) is 30.4 Å². The molecule has 5 heteroatoms. The van der Waals surface area contributed by atoms with Crippen LogP contribution in [0.25, 0.3) is 0 Å². The van der Waals surface area contributed by atoms with Gasteiger partial charge in [0.2, 0.25) is 6.79 Å². The number of hydrogen-bond acceptors (Lipinski definition) is 3. The Balaban J connectivity index is 2.09. The van der Waals surface area contributed by atoms with Crippen molar-refractivity contribution < 1.29 is 18.3 Å². The van der Waals surface area contributed by atoms with E-state index >= 15 is 0 Å². The van der Waals surface area contributed by atoms with Crippen LogP contribution >= 0.6 is 0 Å². The molecule has 1 aromatic carbocycles. The third-order valence-corrected chi connectivity index (χ3v) is 3.52. The van der Waals surface area contributed by atoms with E-state index in [4.69, 9.17) is 9.47 Å². The van der Waals surface area contributed by atoms with Crippen LogP contribution in [0.15, 0.2) is 12.1 Å². The van der Waals surface area contributed by atoms with Gasteiger partial charge in [0, 0.05) is 19.0 Å². The molecule has 1 atom stereocenters. The summed E-state index contributed by atoms with van der Waals surface area (Å²) in [6.45, 7) is 2.64. The van der Waals surface area contributed by atoms with Crippen LogP contribution in [-0.2, 0) is 5.92 Å². The number of benzene rings is 1. The van der Waals surface area contributed by atoms with E-state index in [0.717, 1.165) is 26.4 Å². The molecule has 1 saturated heterocycles. The van der Waals surface area contributed by atoms with Crippen LogP contribution in [0, 0.1) is 0 Å². The molecule has 0 amide bonds.